The molecule has 3 rings (SSSR count). The molecule has 9 heteroatoms. The van der Waals surface area contributed by atoms with Crippen LogP contribution in [0.4, 0.5) is 10.1 Å². The second-order valence-corrected chi connectivity index (χ2v) is 7.27. The van der Waals surface area contributed by atoms with E-state index >= 15 is 0 Å². The summed E-state index contributed by atoms with van der Waals surface area (Å²) in [6, 6.07) is 7.15. The van der Waals surface area contributed by atoms with Crippen molar-refractivity contribution in [3.8, 4) is 11.6 Å². The highest BCUT2D eigenvalue weighted by Crippen LogP contribution is 2.27. The third-order valence-corrected chi connectivity index (χ3v) is 5.45. The molecule has 3 aromatic rings. The second-order valence-electron chi connectivity index (χ2n) is 6.01. The first-order valence-corrected chi connectivity index (χ1v) is 9.21. The number of halogens is 3. The second kappa shape index (κ2) is 7.73. The Bertz CT molecular complexity index is 1230. The normalized spacial score (nSPS) is 11.3. The van der Waals surface area contributed by atoms with Crippen molar-refractivity contribution < 1.29 is 9.50 Å². The van der Waals surface area contributed by atoms with Gasteiger partial charge in [-0.25, -0.2) is 13.8 Å². The zero-order chi connectivity index (χ0) is 20.6. The summed E-state index contributed by atoms with van der Waals surface area (Å²) in [4.78, 5) is 30.7. The van der Waals surface area contributed by atoms with Crippen LogP contribution in [0, 0.1) is 19.7 Å². The van der Waals surface area contributed by atoms with Crippen molar-refractivity contribution in [1.82, 2.24) is 9.55 Å². The van der Waals surface area contributed by atoms with Crippen molar-refractivity contribution in [3.63, 3.8) is 0 Å². The van der Waals surface area contributed by atoms with Crippen LogP contribution in [0.15, 0.2) is 49.4 Å². The first-order valence-electron chi connectivity index (χ1n) is 8.04. The summed E-state index contributed by atoms with van der Waals surface area (Å²) in [7, 11) is 0. The molecular formula is C19H14BrClFN3O3. The monoisotopic (exact) mass is 465 g/mol. The van der Waals surface area contributed by atoms with Crippen LogP contribution in [0.2, 0.25) is 5.02 Å². The Hall–Kier alpha value is -2.71. The maximum absolute atomic E-state index is 13.3. The van der Waals surface area contributed by atoms with Gasteiger partial charge in [0.1, 0.15) is 11.4 Å². The Morgan fingerprint density at radius 3 is 2.61 bits per heavy atom. The largest absolute Gasteiger partial charge is 0.493 e. The number of aromatic hydroxyl groups is 1. The summed E-state index contributed by atoms with van der Waals surface area (Å²) in [5.41, 5.74) is 0.507. The first kappa shape index (κ1) is 20.0. The van der Waals surface area contributed by atoms with E-state index in [0.29, 0.717) is 5.69 Å². The van der Waals surface area contributed by atoms with E-state index in [9.17, 15) is 19.1 Å². The number of aromatic nitrogens is 2. The molecule has 0 amide bonds. The van der Waals surface area contributed by atoms with Crippen molar-refractivity contribution in [2.45, 2.75) is 13.8 Å². The number of nitrogens with zero attached hydrogens (tertiary/aromatic N) is 2. The molecule has 6 nitrogen and oxygen atoms in total. The molecule has 28 heavy (non-hydrogen) atoms. The van der Waals surface area contributed by atoms with Gasteiger partial charge in [-0.3, -0.25) is 14.8 Å². The van der Waals surface area contributed by atoms with Gasteiger partial charge in [-0.05, 0) is 55.3 Å². The zero-order valence-corrected chi connectivity index (χ0v) is 17.1. The lowest BCUT2D eigenvalue weighted by Crippen LogP contribution is -2.31. The lowest BCUT2D eigenvalue weighted by atomic mass is 10.1. The van der Waals surface area contributed by atoms with Crippen molar-refractivity contribution in [1.29, 1.82) is 0 Å². The van der Waals surface area contributed by atoms with Crippen molar-refractivity contribution >= 4 is 39.4 Å². The van der Waals surface area contributed by atoms with Gasteiger partial charge >= 0.3 is 5.69 Å². The topological polar surface area (TPSA) is 87.4 Å². The van der Waals surface area contributed by atoms with Gasteiger partial charge in [-0.1, -0.05) is 27.5 Å². The maximum atomic E-state index is 13.3. The number of aliphatic imine (C=N–C) groups is 1. The van der Waals surface area contributed by atoms with Crippen LogP contribution >= 0.6 is 27.5 Å². The van der Waals surface area contributed by atoms with E-state index in [1.165, 1.54) is 12.1 Å². The number of hydrogen-bond acceptors (Lipinski definition) is 4. The average molecular weight is 467 g/mol. The maximum Gasteiger partial charge on any atom is 0.335 e. The number of hydrogen-bond donors (Lipinski definition) is 2. The van der Waals surface area contributed by atoms with E-state index in [2.05, 4.69) is 25.9 Å². The summed E-state index contributed by atoms with van der Waals surface area (Å²) >= 11 is 9.12. The van der Waals surface area contributed by atoms with Gasteiger partial charge in [0.15, 0.2) is 0 Å². The highest BCUT2D eigenvalue weighted by molar-refractivity contribution is 9.10. The van der Waals surface area contributed by atoms with Crippen LogP contribution in [-0.2, 0) is 0 Å². The van der Waals surface area contributed by atoms with Gasteiger partial charge in [0, 0.05) is 10.7 Å². The van der Waals surface area contributed by atoms with E-state index in [0.717, 1.165) is 32.4 Å². The molecule has 0 saturated carbocycles. The Morgan fingerprint density at radius 2 is 1.93 bits per heavy atom. The molecule has 0 fully saturated rings. The molecule has 0 saturated heterocycles. The first-order chi connectivity index (χ1) is 13.2. The molecule has 0 radical (unpaired) electrons. The van der Waals surface area contributed by atoms with Crippen molar-refractivity contribution in [2.75, 3.05) is 0 Å². The number of rotatable bonds is 3. The summed E-state index contributed by atoms with van der Waals surface area (Å²) < 4.78 is 15.1. The quantitative estimate of drug-likeness (QED) is 0.568. The molecule has 1 aromatic heterocycles. The molecule has 144 valence electrons. The van der Waals surface area contributed by atoms with Crippen LogP contribution in [-0.4, -0.2) is 20.9 Å². The van der Waals surface area contributed by atoms with Gasteiger partial charge < -0.3 is 5.11 Å². The Labute approximate surface area is 172 Å². The molecular weight excluding hydrogens is 453 g/mol. The Morgan fingerprint density at radius 1 is 1.21 bits per heavy atom. The fourth-order valence-corrected chi connectivity index (χ4v) is 3.20. The Kier molecular flexibility index (Phi) is 5.53. The predicted octanol–water partition coefficient (Wildman–Crippen LogP) is 4.15. The third kappa shape index (κ3) is 3.65. The molecule has 1 heterocycles. The summed E-state index contributed by atoms with van der Waals surface area (Å²) in [5.74, 6) is -1.16. The molecule has 0 spiro atoms. The number of aromatic amines is 1. The van der Waals surface area contributed by atoms with E-state index in [1.54, 1.807) is 19.1 Å². The van der Waals surface area contributed by atoms with E-state index in [1.807, 2.05) is 6.92 Å². The molecule has 0 aliphatic heterocycles. The van der Waals surface area contributed by atoms with Gasteiger partial charge in [0.2, 0.25) is 5.88 Å². The fraction of sp³-hybridized carbons (Fsp3) is 0.105. The van der Waals surface area contributed by atoms with Crippen LogP contribution in [0.25, 0.3) is 5.69 Å². The van der Waals surface area contributed by atoms with E-state index < -0.39 is 22.9 Å². The van der Waals surface area contributed by atoms with Gasteiger partial charge in [0.25, 0.3) is 5.56 Å². The van der Waals surface area contributed by atoms with Crippen molar-refractivity contribution in [3.05, 3.63) is 83.2 Å². The smallest absolute Gasteiger partial charge is 0.335 e. The summed E-state index contributed by atoms with van der Waals surface area (Å²) in [6.07, 6.45) is 1.09. The minimum atomic E-state index is -0.804. The fourth-order valence-electron chi connectivity index (χ4n) is 2.60. The number of nitrogens with one attached hydrogen (secondary N) is 1. The molecule has 0 atom stereocenters. The van der Waals surface area contributed by atoms with E-state index in [4.69, 9.17) is 11.6 Å². The van der Waals surface area contributed by atoms with Gasteiger partial charge in [-0.2, -0.15) is 0 Å². The lowest BCUT2D eigenvalue weighted by molar-refractivity contribution is 0.430. The van der Waals surface area contributed by atoms with Crippen LogP contribution in [0.3, 0.4) is 0 Å². The molecule has 2 N–H and O–H groups in total. The molecule has 0 unspecified atom stereocenters. The van der Waals surface area contributed by atoms with Crippen LogP contribution in [0.5, 0.6) is 5.88 Å². The average Bonchev–Trinajstić information content (AvgIpc) is 2.64. The minimum absolute atomic E-state index is 0.126. The van der Waals surface area contributed by atoms with Crippen molar-refractivity contribution in [2.24, 2.45) is 4.99 Å². The molecule has 2 aromatic carbocycles. The summed E-state index contributed by atoms with van der Waals surface area (Å²) in [6.45, 7) is 3.65. The highest BCUT2D eigenvalue weighted by Gasteiger charge is 2.17. The molecule has 0 aliphatic rings. The predicted molar refractivity (Wildman–Crippen MR) is 110 cm³/mol. The number of benzene rings is 2. The third-order valence-electron chi connectivity index (χ3n) is 4.30. The van der Waals surface area contributed by atoms with Gasteiger partial charge in [0.05, 0.1) is 16.4 Å². The van der Waals surface area contributed by atoms with Gasteiger partial charge in [-0.15, -0.1) is 0 Å². The summed E-state index contributed by atoms with van der Waals surface area (Å²) in [5, 5.41) is 10.5. The SMILES string of the molecule is Cc1c(Br)ccc(-n2c(O)c(C=Nc3ccc(F)c(Cl)c3)c(=O)[nH]c2=O)c1C. The zero-order valence-electron chi connectivity index (χ0n) is 14.8. The lowest BCUT2D eigenvalue weighted by Gasteiger charge is -2.14. The van der Waals surface area contributed by atoms with E-state index in [-0.39, 0.29) is 16.3 Å². The molecule has 0 bridgehead atoms. The minimum Gasteiger partial charge on any atom is -0.493 e. The standard InChI is InChI=1S/C19H14BrClFN3O3/c1-9-10(2)16(6-4-13(9)20)25-18(27)12(17(26)24-19(25)28)8-23-11-3-5-15(22)14(21)7-11/h3-8,27H,1-2H3,(H,24,26,28). The number of H-pyrrole nitrogens is 1. The highest BCUT2D eigenvalue weighted by atomic mass is 79.9. The Balaban J connectivity index is 2.17. The van der Waals surface area contributed by atoms with Crippen LogP contribution in [0.1, 0.15) is 16.7 Å². The van der Waals surface area contributed by atoms with Crippen LogP contribution < -0.4 is 11.2 Å². The molecule has 0 aliphatic carbocycles.